The molecular weight excluding hydrogens is 194 g/mol. The van der Waals surface area contributed by atoms with Gasteiger partial charge in [0.1, 0.15) is 0 Å². The van der Waals surface area contributed by atoms with Gasteiger partial charge in [-0.1, -0.05) is 26.8 Å². The molecule has 1 nitrogen and oxygen atoms in total. The van der Waals surface area contributed by atoms with Crippen LogP contribution in [0.2, 0.25) is 0 Å². The van der Waals surface area contributed by atoms with Gasteiger partial charge in [0.05, 0.1) is 11.6 Å². The van der Waals surface area contributed by atoms with Crippen molar-refractivity contribution < 1.29 is 0 Å². The van der Waals surface area contributed by atoms with Crippen molar-refractivity contribution >= 4 is 0 Å². The summed E-state index contributed by atoms with van der Waals surface area (Å²) in [4.78, 5) is 0. The fourth-order valence-electron chi connectivity index (χ4n) is 2.77. The number of benzene rings is 1. The molecule has 84 valence electrons. The summed E-state index contributed by atoms with van der Waals surface area (Å²) in [6.45, 7) is 6.89. The van der Waals surface area contributed by atoms with Gasteiger partial charge in [0.2, 0.25) is 0 Å². The number of rotatable bonds is 0. The van der Waals surface area contributed by atoms with Crippen molar-refractivity contribution in [3.8, 4) is 6.07 Å². The Balaban J connectivity index is 2.48. The summed E-state index contributed by atoms with van der Waals surface area (Å²) in [5, 5.41) is 8.98. The predicted molar refractivity (Wildman–Crippen MR) is 66.3 cm³/mol. The molecule has 0 aromatic heterocycles. The molecule has 2 rings (SSSR count). The van der Waals surface area contributed by atoms with E-state index in [0.717, 1.165) is 5.56 Å². The summed E-state index contributed by atoms with van der Waals surface area (Å²) in [6, 6.07) is 8.44. The van der Waals surface area contributed by atoms with Gasteiger partial charge in [-0.25, -0.2) is 0 Å². The number of nitriles is 1. The van der Waals surface area contributed by atoms with Crippen molar-refractivity contribution in [2.45, 2.75) is 46.0 Å². The molecule has 0 spiro atoms. The first-order valence-electron chi connectivity index (χ1n) is 6.05. The zero-order valence-electron chi connectivity index (χ0n) is 10.4. The van der Waals surface area contributed by atoms with E-state index in [1.807, 2.05) is 6.07 Å². The lowest BCUT2D eigenvalue weighted by atomic mass is 9.69. The standard InChI is InChI=1S/C15H19N/c1-15(2,3)14-6-4-5-12-8-7-11(10-16)9-13(12)14/h7-9,14H,4-6H2,1-3H3. The minimum absolute atomic E-state index is 0.295. The minimum Gasteiger partial charge on any atom is -0.192 e. The largest absolute Gasteiger partial charge is 0.192 e. The molecule has 1 aliphatic rings. The second-order valence-electron chi connectivity index (χ2n) is 5.84. The first-order chi connectivity index (χ1) is 7.52. The summed E-state index contributed by atoms with van der Waals surface area (Å²) >= 11 is 0. The molecule has 0 saturated carbocycles. The van der Waals surface area contributed by atoms with Gasteiger partial charge in [-0.05, 0) is 53.9 Å². The third-order valence-electron chi connectivity index (χ3n) is 3.63. The van der Waals surface area contributed by atoms with Crippen LogP contribution in [0.15, 0.2) is 18.2 Å². The summed E-state index contributed by atoms with van der Waals surface area (Å²) in [5.74, 6) is 0.601. The number of fused-ring (bicyclic) bond motifs is 1. The van der Waals surface area contributed by atoms with Crippen LogP contribution in [-0.4, -0.2) is 0 Å². The van der Waals surface area contributed by atoms with Crippen LogP contribution in [0, 0.1) is 16.7 Å². The van der Waals surface area contributed by atoms with Crippen molar-refractivity contribution in [1.29, 1.82) is 5.26 Å². The Morgan fingerprint density at radius 1 is 1.31 bits per heavy atom. The maximum atomic E-state index is 8.98. The lowest BCUT2D eigenvalue weighted by molar-refractivity contribution is 0.289. The summed E-state index contributed by atoms with van der Waals surface area (Å²) in [5.41, 5.74) is 3.96. The van der Waals surface area contributed by atoms with Crippen molar-refractivity contribution in [1.82, 2.24) is 0 Å². The maximum Gasteiger partial charge on any atom is 0.0991 e. The Morgan fingerprint density at radius 3 is 2.69 bits per heavy atom. The molecule has 0 heterocycles. The van der Waals surface area contributed by atoms with Gasteiger partial charge in [0.25, 0.3) is 0 Å². The van der Waals surface area contributed by atoms with E-state index in [4.69, 9.17) is 5.26 Å². The SMILES string of the molecule is CC(C)(C)C1CCCc2ccc(C#N)cc21. The lowest BCUT2D eigenvalue weighted by Gasteiger charge is -2.35. The molecule has 1 aromatic rings. The Morgan fingerprint density at radius 2 is 2.06 bits per heavy atom. The van der Waals surface area contributed by atoms with E-state index in [-0.39, 0.29) is 0 Å². The minimum atomic E-state index is 0.295. The zero-order chi connectivity index (χ0) is 11.8. The van der Waals surface area contributed by atoms with Crippen LogP contribution >= 0.6 is 0 Å². The van der Waals surface area contributed by atoms with Gasteiger partial charge < -0.3 is 0 Å². The van der Waals surface area contributed by atoms with Crippen LogP contribution in [0.25, 0.3) is 0 Å². The fourth-order valence-corrected chi connectivity index (χ4v) is 2.77. The lowest BCUT2D eigenvalue weighted by Crippen LogP contribution is -2.23. The fraction of sp³-hybridized carbons (Fsp3) is 0.533. The number of nitrogens with zero attached hydrogens (tertiary/aromatic N) is 1. The first-order valence-corrected chi connectivity index (χ1v) is 6.05. The van der Waals surface area contributed by atoms with Gasteiger partial charge in [0.15, 0.2) is 0 Å². The molecule has 0 aliphatic heterocycles. The molecule has 0 radical (unpaired) electrons. The number of hydrogen-bond donors (Lipinski definition) is 0. The van der Waals surface area contributed by atoms with Crippen LogP contribution in [-0.2, 0) is 6.42 Å². The van der Waals surface area contributed by atoms with Crippen LogP contribution < -0.4 is 0 Å². The Labute approximate surface area is 98.1 Å². The van der Waals surface area contributed by atoms with Crippen LogP contribution in [0.3, 0.4) is 0 Å². The highest BCUT2D eigenvalue weighted by molar-refractivity contribution is 5.41. The van der Waals surface area contributed by atoms with E-state index >= 15 is 0 Å². The van der Waals surface area contributed by atoms with E-state index in [2.05, 4.69) is 39.0 Å². The number of aryl methyl sites for hydroxylation is 1. The molecule has 1 heteroatoms. The van der Waals surface area contributed by atoms with Gasteiger partial charge in [0, 0.05) is 0 Å². The van der Waals surface area contributed by atoms with Gasteiger partial charge in [-0.3, -0.25) is 0 Å². The van der Waals surface area contributed by atoms with Crippen molar-refractivity contribution in [2.24, 2.45) is 5.41 Å². The second kappa shape index (κ2) is 3.94. The molecule has 1 aromatic carbocycles. The molecular formula is C15H19N. The average Bonchev–Trinajstić information content (AvgIpc) is 2.26. The van der Waals surface area contributed by atoms with E-state index < -0.39 is 0 Å². The van der Waals surface area contributed by atoms with Crippen molar-refractivity contribution in [3.05, 3.63) is 34.9 Å². The quantitative estimate of drug-likeness (QED) is 0.638. The van der Waals surface area contributed by atoms with E-state index in [1.54, 1.807) is 0 Å². The molecule has 0 fully saturated rings. The molecule has 0 saturated heterocycles. The third-order valence-corrected chi connectivity index (χ3v) is 3.63. The third kappa shape index (κ3) is 1.97. The molecule has 16 heavy (non-hydrogen) atoms. The molecule has 1 aliphatic carbocycles. The molecule has 0 bridgehead atoms. The van der Waals surface area contributed by atoms with Gasteiger partial charge in [-0.2, -0.15) is 5.26 Å². The molecule has 1 unspecified atom stereocenters. The highest BCUT2D eigenvalue weighted by Crippen LogP contribution is 2.43. The van der Waals surface area contributed by atoms with E-state index in [0.29, 0.717) is 11.3 Å². The van der Waals surface area contributed by atoms with Crippen molar-refractivity contribution in [2.75, 3.05) is 0 Å². The van der Waals surface area contributed by atoms with Gasteiger partial charge >= 0.3 is 0 Å². The van der Waals surface area contributed by atoms with E-state index in [9.17, 15) is 0 Å². The molecule has 0 amide bonds. The van der Waals surface area contributed by atoms with Crippen LogP contribution in [0.5, 0.6) is 0 Å². The van der Waals surface area contributed by atoms with E-state index in [1.165, 1.54) is 30.4 Å². The predicted octanol–water partition coefficient (Wildman–Crippen LogP) is 4.02. The van der Waals surface area contributed by atoms with Crippen LogP contribution in [0.1, 0.15) is 56.2 Å². The summed E-state index contributed by atoms with van der Waals surface area (Å²) in [7, 11) is 0. The average molecular weight is 213 g/mol. The van der Waals surface area contributed by atoms with Crippen molar-refractivity contribution in [3.63, 3.8) is 0 Å². The first kappa shape index (κ1) is 11.2. The Kier molecular flexibility index (Phi) is 2.76. The monoisotopic (exact) mass is 213 g/mol. The molecule has 0 N–H and O–H groups in total. The smallest absolute Gasteiger partial charge is 0.0991 e. The normalized spacial score (nSPS) is 20.0. The highest BCUT2D eigenvalue weighted by atomic mass is 14.3. The van der Waals surface area contributed by atoms with Gasteiger partial charge in [-0.15, -0.1) is 0 Å². The maximum absolute atomic E-state index is 8.98. The summed E-state index contributed by atoms with van der Waals surface area (Å²) in [6.07, 6.45) is 3.71. The zero-order valence-corrected chi connectivity index (χ0v) is 10.4. The topological polar surface area (TPSA) is 23.8 Å². The molecule has 1 atom stereocenters. The Hall–Kier alpha value is -1.29. The van der Waals surface area contributed by atoms with Crippen LogP contribution in [0.4, 0.5) is 0 Å². The Bertz CT molecular complexity index is 432. The number of hydrogen-bond acceptors (Lipinski definition) is 1. The highest BCUT2D eigenvalue weighted by Gasteiger charge is 2.30. The summed E-state index contributed by atoms with van der Waals surface area (Å²) < 4.78 is 0. The second-order valence-corrected chi connectivity index (χ2v) is 5.84.